The Morgan fingerprint density at radius 3 is 2.62 bits per heavy atom. The summed E-state index contributed by atoms with van der Waals surface area (Å²) in [5.41, 5.74) is 1.96. The molecule has 0 aromatic carbocycles. The Labute approximate surface area is 77.4 Å². The number of hydrogen-bond acceptors (Lipinski definition) is 2. The lowest BCUT2D eigenvalue weighted by atomic mass is 10.1. The molecular weight excluding hydrogens is 166 g/mol. The van der Waals surface area contributed by atoms with Gasteiger partial charge in [0.2, 0.25) is 0 Å². The molecule has 0 atom stereocenters. The lowest BCUT2D eigenvalue weighted by Gasteiger charge is -2.03. The second-order valence-electron chi connectivity index (χ2n) is 2.85. The van der Waals surface area contributed by atoms with Crippen molar-refractivity contribution in [2.24, 2.45) is 0 Å². The summed E-state index contributed by atoms with van der Waals surface area (Å²) in [7, 11) is 0. The van der Waals surface area contributed by atoms with E-state index < -0.39 is 5.97 Å². The summed E-state index contributed by atoms with van der Waals surface area (Å²) in [6, 6.07) is 1.70. The van der Waals surface area contributed by atoms with Gasteiger partial charge in [-0.3, -0.25) is 4.98 Å². The Balaban J connectivity index is 3.18. The molecule has 0 aliphatic carbocycles. The number of aromatic nitrogens is 1. The molecule has 0 aliphatic rings. The fourth-order valence-corrected chi connectivity index (χ4v) is 1.20. The van der Waals surface area contributed by atoms with Gasteiger partial charge in [0.15, 0.2) is 0 Å². The fraction of sp³-hybridized carbons (Fsp3) is 0.400. The van der Waals surface area contributed by atoms with Crippen LogP contribution >= 0.6 is 0 Å². The molecule has 3 heteroatoms. The van der Waals surface area contributed by atoms with Gasteiger partial charge in [0.05, 0.1) is 11.3 Å². The van der Waals surface area contributed by atoms with E-state index >= 15 is 0 Å². The van der Waals surface area contributed by atoms with Crippen LogP contribution in [0.3, 0.4) is 0 Å². The Hall–Kier alpha value is -1.38. The molecule has 70 valence electrons. The van der Waals surface area contributed by atoms with Crippen LogP contribution in [0.25, 0.3) is 0 Å². The summed E-state index contributed by atoms with van der Waals surface area (Å²) in [6.07, 6.45) is 3.22. The van der Waals surface area contributed by atoms with Gasteiger partial charge in [0.1, 0.15) is 0 Å². The maximum absolute atomic E-state index is 10.8. The third kappa shape index (κ3) is 2.05. The molecule has 0 spiro atoms. The van der Waals surface area contributed by atoms with Crippen LogP contribution in [0.4, 0.5) is 0 Å². The van der Waals surface area contributed by atoms with Crippen LogP contribution in [0.5, 0.6) is 0 Å². The Kier molecular flexibility index (Phi) is 3.01. The van der Waals surface area contributed by atoms with E-state index in [1.165, 1.54) is 0 Å². The van der Waals surface area contributed by atoms with E-state index in [1.54, 1.807) is 12.3 Å². The molecule has 0 radical (unpaired) electrons. The van der Waals surface area contributed by atoms with E-state index in [0.29, 0.717) is 17.7 Å². The second-order valence-corrected chi connectivity index (χ2v) is 2.85. The molecule has 1 heterocycles. The number of rotatable bonds is 3. The highest BCUT2D eigenvalue weighted by atomic mass is 16.4. The predicted octanol–water partition coefficient (Wildman–Crippen LogP) is 1.90. The Morgan fingerprint density at radius 2 is 2.15 bits per heavy atom. The summed E-state index contributed by atoms with van der Waals surface area (Å²) in [4.78, 5) is 14.9. The maximum Gasteiger partial charge on any atom is 0.337 e. The van der Waals surface area contributed by atoms with Crippen molar-refractivity contribution in [1.29, 1.82) is 0 Å². The van der Waals surface area contributed by atoms with Gasteiger partial charge in [-0.25, -0.2) is 4.79 Å². The molecule has 3 nitrogen and oxygen atoms in total. The van der Waals surface area contributed by atoms with Crippen molar-refractivity contribution in [3.63, 3.8) is 0 Å². The Bertz CT molecular complexity index is 321. The van der Waals surface area contributed by atoms with Crippen molar-refractivity contribution in [1.82, 2.24) is 4.98 Å². The van der Waals surface area contributed by atoms with Crippen LogP contribution in [0.15, 0.2) is 12.3 Å². The average molecular weight is 179 g/mol. The smallest absolute Gasteiger partial charge is 0.337 e. The average Bonchev–Trinajstić information content (AvgIpc) is 2.16. The first-order valence-electron chi connectivity index (χ1n) is 4.40. The van der Waals surface area contributed by atoms with Gasteiger partial charge in [-0.1, -0.05) is 13.8 Å². The fourth-order valence-electron chi connectivity index (χ4n) is 1.20. The summed E-state index contributed by atoms with van der Waals surface area (Å²) in [5.74, 6) is -0.889. The molecule has 1 rings (SSSR count). The van der Waals surface area contributed by atoms with Crippen molar-refractivity contribution < 1.29 is 9.90 Å². The summed E-state index contributed by atoms with van der Waals surface area (Å²) in [6.45, 7) is 3.88. The molecule has 13 heavy (non-hydrogen) atoms. The van der Waals surface area contributed by atoms with Gasteiger partial charge in [-0.05, 0) is 24.5 Å². The number of aromatic carboxylic acids is 1. The first-order valence-corrected chi connectivity index (χ1v) is 4.40. The predicted molar refractivity (Wildman–Crippen MR) is 50.0 cm³/mol. The highest BCUT2D eigenvalue weighted by molar-refractivity contribution is 5.89. The topological polar surface area (TPSA) is 50.2 Å². The minimum Gasteiger partial charge on any atom is -0.478 e. The van der Waals surface area contributed by atoms with Crippen molar-refractivity contribution in [2.75, 3.05) is 0 Å². The van der Waals surface area contributed by atoms with Crippen LogP contribution in [0, 0.1) is 0 Å². The molecule has 0 saturated carbocycles. The summed E-state index contributed by atoms with van der Waals surface area (Å²) in [5, 5.41) is 8.88. The van der Waals surface area contributed by atoms with Gasteiger partial charge in [0.25, 0.3) is 0 Å². The van der Waals surface area contributed by atoms with Gasteiger partial charge in [0, 0.05) is 6.20 Å². The van der Waals surface area contributed by atoms with Crippen molar-refractivity contribution in [2.45, 2.75) is 26.7 Å². The number of carboxylic acids is 1. The normalized spacial score (nSPS) is 10.0. The van der Waals surface area contributed by atoms with E-state index in [1.807, 2.05) is 13.8 Å². The minimum atomic E-state index is -0.889. The molecule has 1 aromatic heterocycles. The van der Waals surface area contributed by atoms with E-state index in [4.69, 9.17) is 5.11 Å². The largest absolute Gasteiger partial charge is 0.478 e. The maximum atomic E-state index is 10.8. The quantitative estimate of drug-likeness (QED) is 0.771. The number of hydrogen-bond donors (Lipinski definition) is 1. The molecule has 0 amide bonds. The van der Waals surface area contributed by atoms with Crippen molar-refractivity contribution >= 4 is 5.97 Å². The molecule has 0 aliphatic heterocycles. The lowest BCUT2D eigenvalue weighted by Crippen LogP contribution is -2.05. The summed E-state index contributed by atoms with van der Waals surface area (Å²) < 4.78 is 0. The molecule has 0 unspecified atom stereocenters. The summed E-state index contributed by atoms with van der Waals surface area (Å²) >= 11 is 0. The molecular formula is C10H13NO2. The second kappa shape index (κ2) is 4.03. The minimum absolute atomic E-state index is 0.335. The molecule has 0 fully saturated rings. The highest BCUT2D eigenvalue weighted by Crippen LogP contribution is 2.10. The van der Waals surface area contributed by atoms with E-state index in [-0.39, 0.29) is 0 Å². The van der Waals surface area contributed by atoms with Crippen LogP contribution in [-0.4, -0.2) is 16.1 Å². The molecule has 1 N–H and O–H groups in total. The van der Waals surface area contributed by atoms with Crippen LogP contribution in [-0.2, 0) is 12.8 Å². The zero-order valence-corrected chi connectivity index (χ0v) is 7.87. The van der Waals surface area contributed by atoms with Crippen LogP contribution < -0.4 is 0 Å². The SMILES string of the molecule is CCc1cnc(CC)c(C(=O)O)c1. The zero-order valence-electron chi connectivity index (χ0n) is 7.87. The third-order valence-corrected chi connectivity index (χ3v) is 2.00. The third-order valence-electron chi connectivity index (χ3n) is 2.00. The number of carboxylic acid groups (broad SMARTS) is 1. The molecule has 0 bridgehead atoms. The number of pyridine rings is 1. The van der Waals surface area contributed by atoms with Gasteiger partial charge in [-0.2, -0.15) is 0 Å². The molecule has 0 saturated heterocycles. The van der Waals surface area contributed by atoms with Crippen LogP contribution in [0.1, 0.15) is 35.5 Å². The van der Waals surface area contributed by atoms with Gasteiger partial charge < -0.3 is 5.11 Å². The van der Waals surface area contributed by atoms with E-state index in [2.05, 4.69) is 4.98 Å². The molecule has 1 aromatic rings. The van der Waals surface area contributed by atoms with Crippen molar-refractivity contribution in [3.05, 3.63) is 29.1 Å². The Morgan fingerprint density at radius 1 is 1.46 bits per heavy atom. The zero-order chi connectivity index (χ0) is 9.84. The van der Waals surface area contributed by atoms with E-state index in [9.17, 15) is 4.79 Å². The first-order chi connectivity index (χ1) is 6.19. The van der Waals surface area contributed by atoms with Crippen molar-refractivity contribution in [3.8, 4) is 0 Å². The van der Waals surface area contributed by atoms with Crippen LogP contribution in [0.2, 0.25) is 0 Å². The lowest BCUT2D eigenvalue weighted by molar-refractivity contribution is 0.0695. The number of aryl methyl sites for hydroxylation is 2. The highest BCUT2D eigenvalue weighted by Gasteiger charge is 2.09. The number of carbonyl (C=O) groups is 1. The van der Waals surface area contributed by atoms with Gasteiger partial charge >= 0.3 is 5.97 Å². The van der Waals surface area contributed by atoms with Gasteiger partial charge in [-0.15, -0.1) is 0 Å². The first kappa shape index (κ1) is 9.71. The van der Waals surface area contributed by atoms with E-state index in [0.717, 1.165) is 12.0 Å². The monoisotopic (exact) mass is 179 g/mol. The standard InChI is InChI=1S/C10H13NO2/c1-3-7-5-8(10(12)13)9(4-2)11-6-7/h5-6H,3-4H2,1-2H3,(H,12,13). The number of nitrogens with zero attached hydrogens (tertiary/aromatic N) is 1.